The zero-order chi connectivity index (χ0) is 13.8. The second-order valence-electron chi connectivity index (χ2n) is 3.31. The van der Waals surface area contributed by atoms with E-state index >= 15 is 0 Å². The molecule has 0 aliphatic rings. The van der Waals surface area contributed by atoms with Crippen LogP contribution >= 0.6 is 39.1 Å². The fraction of sp³-hybridized carbons (Fsp3) is 0. The molecule has 2 amide bonds. The van der Waals surface area contributed by atoms with Crippen molar-refractivity contribution in [1.29, 1.82) is 0 Å². The van der Waals surface area contributed by atoms with Crippen LogP contribution in [0.25, 0.3) is 0 Å². The largest absolute Gasteiger partial charge is 0.283 e. The van der Waals surface area contributed by atoms with Crippen LogP contribution in [0.3, 0.4) is 0 Å². The maximum atomic E-state index is 11.8. The number of rotatable bonds is 2. The van der Waals surface area contributed by atoms with Crippen molar-refractivity contribution in [2.45, 2.75) is 0 Å². The van der Waals surface area contributed by atoms with Crippen LogP contribution in [-0.2, 0) is 0 Å². The summed E-state index contributed by atoms with van der Waals surface area (Å²) in [4.78, 5) is 23.6. The molecule has 0 fully saturated rings. The average molecular weight is 362 g/mol. The summed E-state index contributed by atoms with van der Waals surface area (Å²) in [6.07, 6.45) is 1.30. The smallest absolute Gasteiger partial charge is 0.267 e. The van der Waals surface area contributed by atoms with Crippen LogP contribution in [0.2, 0.25) is 5.02 Å². The summed E-state index contributed by atoms with van der Waals surface area (Å²) >= 11 is 10.1. The highest BCUT2D eigenvalue weighted by Crippen LogP contribution is 2.21. The molecule has 2 rings (SSSR count). The summed E-state index contributed by atoms with van der Waals surface area (Å²) in [7, 11) is 0. The average Bonchev–Trinajstić information content (AvgIpc) is 2.89. The fourth-order valence-corrected chi connectivity index (χ4v) is 2.35. The van der Waals surface area contributed by atoms with E-state index in [2.05, 4.69) is 36.4 Å². The summed E-state index contributed by atoms with van der Waals surface area (Å²) in [6, 6.07) is 4.81. The number of amides is 2. The van der Waals surface area contributed by atoms with E-state index in [1.54, 1.807) is 18.2 Å². The van der Waals surface area contributed by atoms with Crippen LogP contribution in [0.5, 0.6) is 0 Å². The minimum Gasteiger partial charge on any atom is -0.267 e. The van der Waals surface area contributed by atoms with Gasteiger partial charge in [0.2, 0.25) is 0 Å². The number of aromatic nitrogens is 2. The maximum Gasteiger partial charge on any atom is 0.283 e. The zero-order valence-corrected chi connectivity index (χ0v) is 12.3. The van der Waals surface area contributed by atoms with Crippen LogP contribution in [-0.4, -0.2) is 21.4 Å². The number of benzene rings is 1. The minimum absolute atomic E-state index is 0.257. The predicted octanol–water partition coefficient (Wildman–Crippen LogP) is 2.03. The van der Waals surface area contributed by atoms with Crippen LogP contribution in [0.15, 0.2) is 28.9 Å². The molecular formula is C10H6BrClN4O2S. The number of carbonyl (C=O) groups excluding carboxylic acids is 2. The molecule has 1 aromatic carbocycles. The van der Waals surface area contributed by atoms with Crippen molar-refractivity contribution in [2.75, 3.05) is 0 Å². The highest BCUT2D eigenvalue weighted by molar-refractivity contribution is 9.10. The molecule has 0 bridgehead atoms. The topological polar surface area (TPSA) is 84.0 Å². The monoisotopic (exact) mass is 360 g/mol. The van der Waals surface area contributed by atoms with Gasteiger partial charge in [-0.05, 0) is 29.7 Å². The van der Waals surface area contributed by atoms with E-state index < -0.39 is 11.8 Å². The van der Waals surface area contributed by atoms with E-state index in [1.807, 2.05) is 0 Å². The van der Waals surface area contributed by atoms with Gasteiger partial charge in [-0.25, -0.2) is 0 Å². The molecule has 0 radical (unpaired) electrons. The zero-order valence-electron chi connectivity index (χ0n) is 9.18. The van der Waals surface area contributed by atoms with E-state index in [1.165, 1.54) is 6.20 Å². The molecule has 0 spiro atoms. The van der Waals surface area contributed by atoms with Gasteiger partial charge in [0.05, 0.1) is 16.8 Å². The molecule has 0 aliphatic heterocycles. The first-order chi connectivity index (χ1) is 9.08. The number of hydrogen-bond acceptors (Lipinski definition) is 5. The van der Waals surface area contributed by atoms with Crippen LogP contribution in [0.1, 0.15) is 20.0 Å². The number of hydrogen-bond donors (Lipinski definition) is 2. The molecule has 0 atom stereocenters. The molecule has 2 aromatic rings. The Labute approximate surface area is 125 Å². The number of nitrogens with zero attached hydrogens (tertiary/aromatic N) is 2. The van der Waals surface area contributed by atoms with Gasteiger partial charge in [-0.2, -0.15) is 0 Å². The van der Waals surface area contributed by atoms with Gasteiger partial charge in [-0.3, -0.25) is 20.4 Å². The summed E-state index contributed by atoms with van der Waals surface area (Å²) < 4.78 is 4.30. The molecule has 0 unspecified atom stereocenters. The van der Waals surface area contributed by atoms with Crippen molar-refractivity contribution < 1.29 is 9.59 Å². The number of halogens is 2. The molecule has 1 heterocycles. The Hall–Kier alpha value is -1.51. The highest BCUT2D eigenvalue weighted by Gasteiger charge is 2.13. The second kappa shape index (κ2) is 6.09. The predicted molar refractivity (Wildman–Crippen MR) is 74.0 cm³/mol. The lowest BCUT2D eigenvalue weighted by Gasteiger charge is -2.07. The highest BCUT2D eigenvalue weighted by atomic mass is 79.9. The third-order valence-electron chi connectivity index (χ3n) is 2.05. The van der Waals surface area contributed by atoms with Gasteiger partial charge in [0.15, 0.2) is 0 Å². The number of nitrogens with one attached hydrogen (secondary N) is 2. The van der Waals surface area contributed by atoms with Gasteiger partial charge in [0.1, 0.15) is 4.88 Å². The fourth-order valence-electron chi connectivity index (χ4n) is 1.18. The van der Waals surface area contributed by atoms with Crippen molar-refractivity contribution >= 4 is 50.9 Å². The van der Waals surface area contributed by atoms with Gasteiger partial charge < -0.3 is 0 Å². The van der Waals surface area contributed by atoms with E-state index in [0.717, 1.165) is 16.0 Å². The van der Waals surface area contributed by atoms with Crippen molar-refractivity contribution in [3.05, 3.63) is 44.3 Å². The summed E-state index contributed by atoms with van der Waals surface area (Å²) in [5, 5.41) is 3.80. The lowest BCUT2D eigenvalue weighted by Crippen LogP contribution is -2.41. The van der Waals surface area contributed by atoms with Gasteiger partial charge in [-0.1, -0.05) is 32.0 Å². The third-order valence-corrected chi connectivity index (χ3v) is 3.52. The lowest BCUT2D eigenvalue weighted by molar-refractivity contribution is 0.0849. The first kappa shape index (κ1) is 13.9. The molecule has 19 heavy (non-hydrogen) atoms. The molecule has 98 valence electrons. The Kier molecular flexibility index (Phi) is 4.46. The molecule has 6 nitrogen and oxygen atoms in total. The van der Waals surface area contributed by atoms with E-state index in [-0.39, 0.29) is 10.6 Å². The first-order valence-corrected chi connectivity index (χ1v) is 6.85. The van der Waals surface area contributed by atoms with E-state index in [9.17, 15) is 9.59 Å². The Bertz CT molecular complexity index is 620. The van der Waals surface area contributed by atoms with E-state index in [0.29, 0.717) is 4.88 Å². The molecular weight excluding hydrogens is 356 g/mol. The quantitative estimate of drug-likeness (QED) is 0.802. The van der Waals surface area contributed by atoms with E-state index in [4.69, 9.17) is 11.6 Å². The number of hydrazine groups is 1. The normalized spacial score (nSPS) is 10.0. The Morgan fingerprint density at radius 3 is 2.63 bits per heavy atom. The van der Waals surface area contributed by atoms with Gasteiger partial charge in [0, 0.05) is 4.47 Å². The molecule has 2 N–H and O–H groups in total. The van der Waals surface area contributed by atoms with Gasteiger partial charge in [-0.15, -0.1) is 5.10 Å². The van der Waals surface area contributed by atoms with Crippen LogP contribution in [0.4, 0.5) is 0 Å². The Morgan fingerprint density at radius 1 is 1.26 bits per heavy atom. The number of carbonyl (C=O) groups is 2. The van der Waals surface area contributed by atoms with Gasteiger partial charge >= 0.3 is 0 Å². The van der Waals surface area contributed by atoms with Crippen molar-refractivity contribution in [2.24, 2.45) is 0 Å². The Morgan fingerprint density at radius 2 is 2.00 bits per heavy atom. The standard InChI is InChI=1S/C10H6BrClN4O2S/c11-5-1-2-6(7(12)3-5)9(17)14-15-10(18)8-4-13-16-19-8/h1-4H,(H,14,17)(H,15,18). The summed E-state index contributed by atoms with van der Waals surface area (Å²) in [5.74, 6) is -1.00. The second-order valence-corrected chi connectivity index (χ2v) is 5.42. The molecule has 9 heteroatoms. The van der Waals surface area contributed by atoms with Crippen molar-refractivity contribution in [3.63, 3.8) is 0 Å². The summed E-state index contributed by atoms with van der Waals surface area (Å²) in [6.45, 7) is 0. The molecule has 0 saturated heterocycles. The minimum atomic E-state index is -0.511. The van der Waals surface area contributed by atoms with Crippen molar-refractivity contribution in [1.82, 2.24) is 20.4 Å². The van der Waals surface area contributed by atoms with Crippen LogP contribution in [0, 0.1) is 0 Å². The molecule has 0 saturated carbocycles. The molecule has 1 aromatic heterocycles. The third kappa shape index (κ3) is 3.49. The Balaban J connectivity index is 2.00. The SMILES string of the molecule is O=C(NNC(=O)c1ccc(Br)cc1Cl)c1cnns1. The van der Waals surface area contributed by atoms with Gasteiger partial charge in [0.25, 0.3) is 11.8 Å². The van der Waals surface area contributed by atoms with Crippen LogP contribution < -0.4 is 10.9 Å². The molecule has 0 aliphatic carbocycles. The lowest BCUT2D eigenvalue weighted by atomic mass is 10.2. The first-order valence-electron chi connectivity index (χ1n) is 4.91. The maximum absolute atomic E-state index is 11.8. The van der Waals surface area contributed by atoms with Crippen molar-refractivity contribution in [3.8, 4) is 0 Å². The summed E-state index contributed by atoms with van der Waals surface area (Å²) in [5.41, 5.74) is 4.76.